The molecule has 0 bridgehead atoms. The van der Waals surface area contributed by atoms with Crippen LogP contribution < -0.4 is 5.32 Å². The molecule has 1 unspecified atom stereocenters. The molecule has 2 heterocycles. The summed E-state index contributed by atoms with van der Waals surface area (Å²) in [6, 6.07) is 15.1. The monoisotopic (exact) mass is 443 g/mol. The van der Waals surface area contributed by atoms with Gasteiger partial charge in [-0.15, -0.1) is 11.3 Å². The molecule has 0 fully saturated rings. The second-order valence-corrected chi connectivity index (χ2v) is 9.83. The Hall–Kier alpha value is -3.08. The molecule has 1 amide bonds. The molecule has 1 N–H and O–H groups in total. The van der Waals surface area contributed by atoms with E-state index in [1.54, 1.807) is 11.4 Å². The first-order valence-corrected chi connectivity index (χ1v) is 11.4. The van der Waals surface area contributed by atoms with Crippen LogP contribution in [0.4, 0.5) is 11.4 Å². The molecule has 154 valence electrons. The van der Waals surface area contributed by atoms with Crippen LogP contribution in [0.1, 0.15) is 11.1 Å². The summed E-state index contributed by atoms with van der Waals surface area (Å²) in [4.78, 5) is 23.4. The van der Waals surface area contributed by atoms with Crippen molar-refractivity contribution in [3.63, 3.8) is 0 Å². The van der Waals surface area contributed by atoms with Crippen molar-refractivity contribution in [2.75, 3.05) is 5.32 Å². The van der Waals surface area contributed by atoms with Crippen LogP contribution in [0.5, 0.6) is 0 Å². The zero-order valence-electron chi connectivity index (χ0n) is 15.6. The van der Waals surface area contributed by atoms with Gasteiger partial charge >= 0.3 is 0 Å². The smallest absolute Gasteiger partial charge is 0.269 e. The van der Waals surface area contributed by atoms with Crippen LogP contribution in [0.25, 0.3) is 0 Å². The summed E-state index contributed by atoms with van der Waals surface area (Å²) < 4.78 is 27.9. The Morgan fingerprint density at radius 1 is 1.07 bits per heavy atom. The standard InChI is InChI=1S/C20H17N3O5S2/c24-20(21-16-7-9-17(10-8-16)23(25)26)18-12-14-4-1-2-5-15(14)13-22(18)30(27,28)19-6-3-11-29-19/h1-11,18H,12-13H2,(H,21,24). The number of sulfonamides is 1. The van der Waals surface area contributed by atoms with Gasteiger partial charge in [0.05, 0.1) is 4.92 Å². The molecule has 0 saturated carbocycles. The summed E-state index contributed by atoms with van der Waals surface area (Å²) in [6.45, 7) is 0.0920. The largest absolute Gasteiger partial charge is 0.325 e. The zero-order valence-corrected chi connectivity index (χ0v) is 17.2. The van der Waals surface area contributed by atoms with Crippen LogP contribution in [0.15, 0.2) is 70.3 Å². The average molecular weight is 444 g/mol. The Bertz CT molecular complexity index is 1190. The normalized spacial score (nSPS) is 16.6. The Balaban J connectivity index is 1.66. The third-order valence-electron chi connectivity index (χ3n) is 4.91. The number of nitro benzene ring substituents is 1. The molecule has 1 atom stereocenters. The number of nitro groups is 1. The highest BCUT2D eigenvalue weighted by molar-refractivity contribution is 7.91. The number of carbonyl (C=O) groups excluding carboxylic acids is 1. The van der Waals surface area contributed by atoms with Gasteiger partial charge < -0.3 is 5.32 Å². The summed E-state index contributed by atoms with van der Waals surface area (Å²) in [5.41, 5.74) is 2.04. The lowest BCUT2D eigenvalue weighted by Gasteiger charge is -2.34. The molecule has 1 aliphatic rings. The summed E-state index contributed by atoms with van der Waals surface area (Å²) in [7, 11) is -3.86. The van der Waals surface area contributed by atoms with Crippen molar-refractivity contribution < 1.29 is 18.1 Å². The third kappa shape index (κ3) is 3.84. The molecule has 8 nitrogen and oxygen atoms in total. The fourth-order valence-electron chi connectivity index (χ4n) is 3.39. The minimum atomic E-state index is -3.86. The maximum absolute atomic E-state index is 13.2. The first-order valence-electron chi connectivity index (χ1n) is 9.04. The van der Waals surface area contributed by atoms with E-state index >= 15 is 0 Å². The molecule has 0 spiro atoms. The lowest BCUT2D eigenvalue weighted by atomic mass is 9.95. The number of rotatable bonds is 5. The van der Waals surface area contributed by atoms with E-state index in [2.05, 4.69) is 5.32 Å². The predicted octanol–water partition coefficient (Wildman–Crippen LogP) is 3.41. The molecular formula is C20H17N3O5S2. The molecule has 2 aromatic carbocycles. The van der Waals surface area contributed by atoms with Crippen LogP contribution in [-0.2, 0) is 27.8 Å². The SMILES string of the molecule is O=C(Nc1ccc([N+](=O)[O-])cc1)C1Cc2ccccc2CN1S(=O)(=O)c1cccs1. The number of carbonyl (C=O) groups is 1. The van der Waals surface area contributed by atoms with E-state index in [1.165, 1.54) is 34.6 Å². The fourth-order valence-corrected chi connectivity index (χ4v) is 6.08. The van der Waals surface area contributed by atoms with Gasteiger partial charge in [-0.05, 0) is 41.1 Å². The Labute approximate surface area is 177 Å². The maximum atomic E-state index is 13.2. The summed E-state index contributed by atoms with van der Waals surface area (Å²) in [5.74, 6) is -0.488. The first-order chi connectivity index (χ1) is 14.4. The highest BCUT2D eigenvalue weighted by atomic mass is 32.2. The first kappa shape index (κ1) is 20.2. The maximum Gasteiger partial charge on any atom is 0.269 e. The fraction of sp³-hybridized carbons (Fsp3) is 0.150. The van der Waals surface area contributed by atoms with E-state index in [-0.39, 0.29) is 22.9 Å². The van der Waals surface area contributed by atoms with Gasteiger partial charge in [0.15, 0.2) is 0 Å². The van der Waals surface area contributed by atoms with E-state index in [9.17, 15) is 23.3 Å². The van der Waals surface area contributed by atoms with E-state index < -0.39 is 26.9 Å². The second-order valence-electron chi connectivity index (χ2n) is 6.76. The van der Waals surface area contributed by atoms with Gasteiger partial charge in [-0.25, -0.2) is 8.42 Å². The predicted molar refractivity (Wildman–Crippen MR) is 113 cm³/mol. The number of fused-ring (bicyclic) bond motifs is 1. The van der Waals surface area contributed by atoms with E-state index in [0.29, 0.717) is 5.69 Å². The molecule has 0 saturated heterocycles. The molecule has 30 heavy (non-hydrogen) atoms. The van der Waals surface area contributed by atoms with Gasteiger partial charge in [-0.1, -0.05) is 30.3 Å². The lowest BCUT2D eigenvalue weighted by Crippen LogP contribution is -2.50. The quantitative estimate of drug-likeness (QED) is 0.480. The summed E-state index contributed by atoms with van der Waals surface area (Å²) in [5, 5.41) is 15.2. The molecule has 1 aromatic heterocycles. The number of anilines is 1. The minimum Gasteiger partial charge on any atom is -0.325 e. The molecule has 10 heteroatoms. The van der Waals surface area contributed by atoms with Crippen molar-refractivity contribution in [3.8, 4) is 0 Å². The Morgan fingerprint density at radius 2 is 1.77 bits per heavy atom. The zero-order chi connectivity index (χ0) is 21.3. The van der Waals surface area contributed by atoms with Crippen molar-refractivity contribution in [2.24, 2.45) is 0 Å². The van der Waals surface area contributed by atoms with Crippen LogP contribution in [0.3, 0.4) is 0 Å². The third-order valence-corrected chi connectivity index (χ3v) is 8.14. The number of non-ortho nitro benzene ring substituents is 1. The van der Waals surface area contributed by atoms with E-state index in [0.717, 1.165) is 22.5 Å². The number of hydrogen-bond acceptors (Lipinski definition) is 6. The number of hydrogen-bond donors (Lipinski definition) is 1. The highest BCUT2D eigenvalue weighted by Crippen LogP contribution is 2.31. The van der Waals surface area contributed by atoms with E-state index in [4.69, 9.17) is 0 Å². The number of nitrogens with one attached hydrogen (secondary N) is 1. The van der Waals surface area contributed by atoms with Crippen LogP contribution >= 0.6 is 11.3 Å². The Kier molecular flexibility index (Phi) is 5.37. The summed E-state index contributed by atoms with van der Waals surface area (Å²) >= 11 is 1.10. The van der Waals surface area contributed by atoms with Gasteiger partial charge in [0.25, 0.3) is 15.7 Å². The number of nitrogens with zero attached hydrogens (tertiary/aromatic N) is 2. The molecular weight excluding hydrogens is 426 g/mol. The van der Waals surface area contributed by atoms with Crippen LogP contribution in [0, 0.1) is 10.1 Å². The molecule has 4 rings (SSSR count). The van der Waals surface area contributed by atoms with Crippen molar-refractivity contribution >= 4 is 38.6 Å². The van der Waals surface area contributed by atoms with E-state index in [1.807, 2.05) is 24.3 Å². The molecule has 0 aliphatic carbocycles. The number of amides is 1. The molecule has 3 aromatic rings. The van der Waals surface area contributed by atoms with Gasteiger partial charge in [0.1, 0.15) is 10.3 Å². The second kappa shape index (κ2) is 7.98. The van der Waals surface area contributed by atoms with Gasteiger partial charge in [-0.3, -0.25) is 14.9 Å². The number of thiophene rings is 1. The highest BCUT2D eigenvalue weighted by Gasteiger charge is 2.40. The number of benzene rings is 2. The van der Waals surface area contributed by atoms with Crippen molar-refractivity contribution in [3.05, 3.63) is 87.3 Å². The lowest BCUT2D eigenvalue weighted by molar-refractivity contribution is -0.384. The van der Waals surface area contributed by atoms with Crippen LogP contribution in [0.2, 0.25) is 0 Å². The van der Waals surface area contributed by atoms with Gasteiger partial charge in [0, 0.05) is 24.4 Å². The van der Waals surface area contributed by atoms with Crippen molar-refractivity contribution in [1.82, 2.24) is 4.31 Å². The van der Waals surface area contributed by atoms with Gasteiger partial charge in [-0.2, -0.15) is 4.31 Å². The van der Waals surface area contributed by atoms with Gasteiger partial charge in [0.2, 0.25) is 5.91 Å². The molecule has 1 aliphatic heterocycles. The minimum absolute atomic E-state index is 0.0920. The Morgan fingerprint density at radius 3 is 2.40 bits per heavy atom. The van der Waals surface area contributed by atoms with Crippen molar-refractivity contribution in [1.29, 1.82) is 0 Å². The van der Waals surface area contributed by atoms with Crippen LogP contribution in [-0.4, -0.2) is 29.6 Å². The van der Waals surface area contributed by atoms with Crippen molar-refractivity contribution in [2.45, 2.75) is 23.2 Å². The summed E-state index contributed by atoms with van der Waals surface area (Å²) in [6.07, 6.45) is 0.236. The average Bonchev–Trinajstić information content (AvgIpc) is 3.29. The topological polar surface area (TPSA) is 110 Å². The molecule has 0 radical (unpaired) electrons.